The summed E-state index contributed by atoms with van der Waals surface area (Å²) in [6.45, 7) is 1.82. The van der Waals surface area contributed by atoms with Gasteiger partial charge in [0, 0.05) is 24.6 Å². The minimum absolute atomic E-state index is 0.118. The molecule has 1 aliphatic rings. The van der Waals surface area contributed by atoms with Crippen molar-refractivity contribution >= 4 is 33.4 Å². The Balaban J connectivity index is 1.64. The lowest BCUT2D eigenvalue weighted by molar-refractivity contribution is -0.120. The molecule has 0 radical (unpaired) electrons. The zero-order valence-corrected chi connectivity index (χ0v) is 18.1. The Morgan fingerprint density at radius 3 is 2.19 bits per heavy atom. The fraction of sp³-hybridized carbons (Fsp3) is 0.318. The lowest BCUT2D eigenvalue weighted by Crippen LogP contribution is -2.41. The molecule has 0 aliphatic carbocycles. The Morgan fingerprint density at radius 2 is 1.61 bits per heavy atom. The van der Waals surface area contributed by atoms with Crippen LogP contribution in [0.3, 0.4) is 0 Å². The van der Waals surface area contributed by atoms with E-state index in [0.717, 1.165) is 0 Å². The van der Waals surface area contributed by atoms with Crippen LogP contribution >= 0.6 is 0 Å². The number of ether oxygens (including phenoxy) is 1. The molecule has 0 unspecified atom stereocenters. The lowest BCUT2D eigenvalue weighted by Gasteiger charge is -2.30. The van der Waals surface area contributed by atoms with Crippen LogP contribution in [0.1, 0.15) is 40.5 Å². The van der Waals surface area contributed by atoms with Crippen molar-refractivity contribution < 1.29 is 27.5 Å². The number of hydrogen-bond donors (Lipinski definition) is 1. The van der Waals surface area contributed by atoms with Crippen molar-refractivity contribution in [3.05, 3.63) is 59.7 Å². The third-order valence-corrected chi connectivity index (χ3v) is 7.23. The van der Waals surface area contributed by atoms with Crippen LogP contribution in [-0.2, 0) is 19.6 Å². The fourth-order valence-electron chi connectivity index (χ4n) is 3.48. The van der Waals surface area contributed by atoms with Crippen LogP contribution in [0.4, 0.5) is 5.69 Å². The van der Waals surface area contributed by atoms with Crippen LogP contribution < -0.4 is 5.32 Å². The third kappa shape index (κ3) is 5.00. The summed E-state index contributed by atoms with van der Waals surface area (Å²) in [6.07, 6.45) is 0.716. The van der Waals surface area contributed by atoms with Gasteiger partial charge in [0.25, 0.3) is 0 Å². The number of rotatable bonds is 6. The topological polar surface area (TPSA) is 110 Å². The molecular formula is C22H24N2O6S. The summed E-state index contributed by atoms with van der Waals surface area (Å²) >= 11 is 0. The van der Waals surface area contributed by atoms with Crippen LogP contribution in [0.15, 0.2) is 53.4 Å². The van der Waals surface area contributed by atoms with Crippen molar-refractivity contribution in [3.8, 4) is 0 Å². The largest absolute Gasteiger partial charge is 0.465 e. The standard InChI is InChI=1S/C22H24N2O6S/c1-15(25)16-7-9-18(10-8-16)31(28,29)24-13-11-17(12-14-24)21(26)23-20-6-4-3-5-19(20)22(27)30-2/h3-10,17H,11-14H2,1-2H3,(H,23,26). The molecule has 0 aromatic heterocycles. The maximum absolute atomic E-state index is 12.9. The van der Waals surface area contributed by atoms with Crippen molar-refractivity contribution in [3.63, 3.8) is 0 Å². The van der Waals surface area contributed by atoms with Crippen molar-refractivity contribution in [2.75, 3.05) is 25.5 Å². The summed E-state index contributed by atoms with van der Waals surface area (Å²) in [4.78, 5) is 36.1. The van der Waals surface area contributed by atoms with Gasteiger partial charge >= 0.3 is 5.97 Å². The Morgan fingerprint density at radius 1 is 1.00 bits per heavy atom. The molecule has 0 spiro atoms. The van der Waals surface area contributed by atoms with E-state index in [9.17, 15) is 22.8 Å². The van der Waals surface area contributed by atoms with Gasteiger partial charge in [0.05, 0.1) is 23.3 Å². The van der Waals surface area contributed by atoms with Crippen LogP contribution in [0.5, 0.6) is 0 Å². The minimum atomic E-state index is -3.70. The molecule has 1 N–H and O–H groups in total. The highest BCUT2D eigenvalue weighted by Crippen LogP contribution is 2.26. The van der Waals surface area contributed by atoms with Gasteiger partial charge in [0.2, 0.25) is 15.9 Å². The van der Waals surface area contributed by atoms with Gasteiger partial charge in [0.15, 0.2) is 5.78 Å². The number of methoxy groups -OCH3 is 1. The summed E-state index contributed by atoms with van der Waals surface area (Å²) in [5, 5.41) is 2.76. The van der Waals surface area contributed by atoms with E-state index in [4.69, 9.17) is 4.74 Å². The molecule has 1 amide bonds. The number of hydrogen-bond acceptors (Lipinski definition) is 6. The van der Waals surface area contributed by atoms with E-state index in [0.29, 0.717) is 24.1 Å². The predicted molar refractivity (Wildman–Crippen MR) is 114 cm³/mol. The second-order valence-electron chi connectivity index (χ2n) is 7.29. The molecule has 0 bridgehead atoms. The predicted octanol–water partition coefficient (Wildman–Crippen LogP) is 2.72. The van der Waals surface area contributed by atoms with Crippen molar-refractivity contribution in [1.82, 2.24) is 4.31 Å². The first-order valence-electron chi connectivity index (χ1n) is 9.83. The van der Waals surface area contributed by atoms with Gasteiger partial charge in [-0.3, -0.25) is 9.59 Å². The quantitative estimate of drug-likeness (QED) is 0.542. The second kappa shape index (κ2) is 9.40. The molecule has 1 fully saturated rings. The maximum Gasteiger partial charge on any atom is 0.339 e. The molecule has 164 valence electrons. The summed E-state index contributed by atoms with van der Waals surface area (Å²) in [7, 11) is -2.44. The monoisotopic (exact) mass is 444 g/mol. The zero-order valence-electron chi connectivity index (χ0n) is 17.3. The van der Waals surface area contributed by atoms with Gasteiger partial charge in [-0.05, 0) is 44.0 Å². The summed E-state index contributed by atoms with van der Waals surface area (Å²) in [5.74, 6) is -1.33. The highest BCUT2D eigenvalue weighted by Gasteiger charge is 2.32. The highest BCUT2D eigenvalue weighted by atomic mass is 32.2. The molecule has 2 aromatic rings. The molecule has 9 heteroatoms. The van der Waals surface area contributed by atoms with Gasteiger partial charge in [-0.15, -0.1) is 0 Å². The van der Waals surface area contributed by atoms with Crippen molar-refractivity contribution in [2.24, 2.45) is 5.92 Å². The molecule has 2 aromatic carbocycles. The number of ketones is 1. The van der Waals surface area contributed by atoms with Gasteiger partial charge in [0.1, 0.15) is 0 Å². The van der Waals surface area contributed by atoms with E-state index < -0.39 is 16.0 Å². The first-order valence-corrected chi connectivity index (χ1v) is 11.3. The number of benzene rings is 2. The molecule has 31 heavy (non-hydrogen) atoms. The highest BCUT2D eigenvalue weighted by molar-refractivity contribution is 7.89. The molecule has 1 aliphatic heterocycles. The Hall–Kier alpha value is -3.04. The molecule has 0 saturated carbocycles. The first-order chi connectivity index (χ1) is 14.7. The van der Waals surface area contributed by atoms with Crippen LogP contribution in [0.25, 0.3) is 0 Å². The second-order valence-corrected chi connectivity index (χ2v) is 9.22. The van der Waals surface area contributed by atoms with Crippen LogP contribution in [-0.4, -0.2) is 50.6 Å². The smallest absolute Gasteiger partial charge is 0.339 e. The number of nitrogens with one attached hydrogen (secondary N) is 1. The Labute approximate surface area is 181 Å². The van der Waals surface area contributed by atoms with Gasteiger partial charge in [-0.1, -0.05) is 24.3 Å². The number of sulfonamides is 1. The number of para-hydroxylation sites is 1. The van der Waals surface area contributed by atoms with E-state index in [2.05, 4.69) is 5.32 Å². The molecule has 1 saturated heterocycles. The van der Waals surface area contributed by atoms with Crippen molar-refractivity contribution in [2.45, 2.75) is 24.7 Å². The average Bonchev–Trinajstić information content (AvgIpc) is 2.79. The van der Waals surface area contributed by atoms with Gasteiger partial charge in [-0.25, -0.2) is 13.2 Å². The van der Waals surface area contributed by atoms with E-state index in [-0.39, 0.29) is 41.2 Å². The zero-order chi connectivity index (χ0) is 22.6. The van der Waals surface area contributed by atoms with E-state index in [1.165, 1.54) is 42.6 Å². The number of anilines is 1. The number of esters is 1. The molecular weight excluding hydrogens is 420 g/mol. The normalized spacial score (nSPS) is 15.3. The number of carbonyl (C=O) groups is 3. The molecule has 8 nitrogen and oxygen atoms in total. The first kappa shape index (κ1) is 22.6. The number of Topliss-reactive ketones (excluding diaryl/α,β-unsaturated/α-hetero) is 1. The number of piperidine rings is 1. The Kier molecular flexibility index (Phi) is 6.87. The number of nitrogens with zero attached hydrogens (tertiary/aromatic N) is 1. The minimum Gasteiger partial charge on any atom is -0.465 e. The van der Waals surface area contributed by atoms with Crippen LogP contribution in [0.2, 0.25) is 0 Å². The summed E-state index contributed by atoms with van der Waals surface area (Å²) in [5.41, 5.74) is 1.06. The number of amides is 1. The maximum atomic E-state index is 12.9. The molecule has 1 heterocycles. The Bertz CT molecular complexity index is 1090. The number of carbonyl (C=O) groups excluding carboxylic acids is 3. The average molecular weight is 445 g/mol. The third-order valence-electron chi connectivity index (χ3n) is 5.31. The van der Waals surface area contributed by atoms with Crippen molar-refractivity contribution in [1.29, 1.82) is 0 Å². The summed E-state index contributed by atoms with van der Waals surface area (Å²) in [6, 6.07) is 12.4. The fourth-order valence-corrected chi connectivity index (χ4v) is 4.95. The molecule has 0 atom stereocenters. The molecule has 3 rings (SSSR count). The van der Waals surface area contributed by atoms with E-state index >= 15 is 0 Å². The van der Waals surface area contributed by atoms with E-state index in [1.54, 1.807) is 24.3 Å². The van der Waals surface area contributed by atoms with Crippen LogP contribution in [0, 0.1) is 5.92 Å². The lowest BCUT2D eigenvalue weighted by atomic mass is 9.97. The van der Waals surface area contributed by atoms with Gasteiger partial charge in [-0.2, -0.15) is 4.31 Å². The summed E-state index contributed by atoms with van der Waals surface area (Å²) < 4.78 is 31.8. The van der Waals surface area contributed by atoms with Gasteiger partial charge < -0.3 is 10.1 Å². The SMILES string of the molecule is COC(=O)c1ccccc1NC(=O)C1CCN(S(=O)(=O)c2ccc(C(C)=O)cc2)CC1. The van der Waals surface area contributed by atoms with E-state index in [1.807, 2.05) is 0 Å².